The highest BCUT2D eigenvalue weighted by Gasteiger charge is 2.34. The Labute approximate surface area is 144 Å². The lowest BCUT2D eigenvalue weighted by molar-refractivity contribution is -0.902. The Morgan fingerprint density at radius 1 is 1.22 bits per heavy atom. The van der Waals surface area contributed by atoms with Gasteiger partial charge in [-0.15, -0.1) is 0 Å². The molecule has 2 aliphatic rings. The molecule has 0 bridgehead atoms. The number of carbonyl (C=O) groups excluding carboxylic acids is 1. The normalized spacial score (nSPS) is 27.3. The van der Waals surface area contributed by atoms with Gasteiger partial charge in [0.1, 0.15) is 0 Å². The average molecular weight is 336 g/mol. The molecule has 3 atom stereocenters. The predicted molar refractivity (Wildman–Crippen MR) is 93.8 cm³/mol. The maximum absolute atomic E-state index is 12.2. The zero-order valence-corrected chi connectivity index (χ0v) is 14.6. The van der Waals surface area contributed by atoms with E-state index in [9.17, 15) is 4.79 Å². The van der Waals surface area contributed by atoms with E-state index in [1.54, 1.807) is 0 Å². The quantitative estimate of drug-likeness (QED) is 0.849. The van der Waals surface area contributed by atoms with Crippen molar-refractivity contribution in [3.63, 3.8) is 0 Å². The number of hydrogen-bond donors (Lipinski definition) is 2. The van der Waals surface area contributed by atoms with Crippen molar-refractivity contribution in [1.82, 2.24) is 5.32 Å². The third-order valence-corrected chi connectivity index (χ3v) is 5.76. The third kappa shape index (κ3) is 4.95. The van der Waals surface area contributed by atoms with Crippen LogP contribution in [-0.4, -0.2) is 32.1 Å². The fourth-order valence-electron chi connectivity index (χ4n) is 4.28. The summed E-state index contributed by atoms with van der Waals surface area (Å²) in [5.74, 6) is 2.00. The van der Waals surface area contributed by atoms with E-state index < -0.39 is 0 Å². The van der Waals surface area contributed by atoms with Gasteiger partial charge in [0.25, 0.3) is 5.91 Å². The van der Waals surface area contributed by atoms with Crippen molar-refractivity contribution in [2.45, 2.75) is 38.5 Å². The van der Waals surface area contributed by atoms with E-state index in [-0.39, 0.29) is 5.91 Å². The van der Waals surface area contributed by atoms with Gasteiger partial charge in [0.05, 0.1) is 13.1 Å². The fourth-order valence-corrected chi connectivity index (χ4v) is 4.50. The van der Waals surface area contributed by atoms with Gasteiger partial charge in [-0.1, -0.05) is 36.6 Å². The molecule has 3 nitrogen and oxygen atoms in total. The first-order valence-corrected chi connectivity index (χ1v) is 9.43. The van der Waals surface area contributed by atoms with Gasteiger partial charge < -0.3 is 10.2 Å². The summed E-state index contributed by atoms with van der Waals surface area (Å²) in [5.41, 5.74) is 1.17. The number of likely N-dealkylation sites (tertiary alicyclic amines) is 1. The highest BCUT2D eigenvalue weighted by atomic mass is 35.5. The number of quaternary nitrogens is 1. The molecule has 0 radical (unpaired) electrons. The minimum absolute atomic E-state index is 0.191. The SMILES string of the molecule is O=C(C[NH+]1CC[C@H]2CCCC[C@@H]2C1)NCCc1cccc(Cl)c1. The number of fused-ring (bicyclic) bond motifs is 1. The monoisotopic (exact) mass is 335 g/mol. The summed E-state index contributed by atoms with van der Waals surface area (Å²) in [6.07, 6.45) is 7.76. The third-order valence-electron chi connectivity index (χ3n) is 5.52. The van der Waals surface area contributed by atoms with Crippen LogP contribution in [0.4, 0.5) is 0 Å². The van der Waals surface area contributed by atoms with Gasteiger partial charge in [0.15, 0.2) is 6.54 Å². The molecule has 1 amide bonds. The Hall–Kier alpha value is -1.06. The second-order valence-electron chi connectivity index (χ2n) is 7.20. The van der Waals surface area contributed by atoms with Crippen LogP contribution < -0.4 is 10.2 Å². The number of carbonyl (C=O) groups is 1. The van der Waals surface area contributed by atoms with Crippen molar-refractivity contribution < 1.29 is 9.69 Å². The van der Waals surface area contributed by atoms with E-state index in [0.717, 1.165) is 23.3 Å². The Bertz CT molecular complexity index is 534. The molecule has 126 valence electrons. The summed E-state index contributed by atoms with van der Waals surface area (Å²) < 4.78 is 0. The van der Waals surface area contributed by atoms with Gasteiger partial charge in [0, 0.05) is 17.5 Å². The Kier molecular flexibility index (Phi) is 5.96. The van der Waals surface area contributed by atoms with Crippen LogP contribution in [-0.2, 0) is 11.2 Å². The van der Waals surface area contributed by atoms with E-state index in [1.807, 2.05) is 18.2 Å². The molecule has 2 N–H and O–H groups in total. The first kappa shape index (κ1) is 16.8. The van der Waals surface area contributed by atoms with Crippen molar-refractivity contribution in [3.8, 4) is 0 Å². The molecule has 1 aromatic rings. The van der Waals surface area contributed by atoms with Gasteiger partial charge in [-0.2, -0.15) is 0 Å². The molecular formula is C19H28ClN2O+. The molecule has 1 heterocycles. The zero-order valence-electron chi connectivity index (χ0n) is 13.8. The lowest BCUT2D eigenvalue weighted by Gasteiger charge is -2.38. The van der Waals surface area contributed by atoms with Crippen molar-refractivity contribution in [3.05, 3.63) is 34.9 Å². The largest absolute Gasteiger partial charge is 0.351 e. The lowest BCUT2D eigenvalue weighted by Crippen LogP contribution is -3.15. The van der Waals surface area contributed by atoms with E-state index in [0.29, 0.717) is 13.1 Å². The van der Waals surface area contributed by atoms with Crippen LogP contribution in [0, 0.1) is 11.8 Å². The van der Waals surface area contributed by atoms with Crippen LogP contribution in [0.3, 0.4) is 0 Å². The maximum Gasteiger partial charge on any atom is 0.275 e. The molecular weight excluding hydrogens is 308 g/mol. The Morgan fingerprint density at radius 2 is 2.04 bits per heavy atom. The van der Waals surface area contributed by atoms with E-state index in [4.69, 9.17) is 11.6 Å². The molecule has 1 aliphatic carbocycles. The molecule has 2 fully saturated rings. The lowest BCUT2D eigenvalue weighted by atomic mass is 9.75. The molecule has 1 saturated heterocycles. The molecule has 23 heavy (non-hydrogen) atoms. The number of nitrogens with one attached hydrogen (secondary N) is 2. The minimum Gasteiger partial charge on any atom is -0.351 e. The molecule has 1 aliphatic heterocycles. The standard InChI is InChI=1S/C19H27ClN2O/c20-18-7-3-4-15(12-18)8-10-21-19(23)14-22-11-9-16-5-1-2-6-17(16)13-22/h3-4,7,12,16-17H,1-2,5-6,8-11,13-14H2,(H,21,23)/p+1/t16-,17-/m1/s1. The van der Waals surface area contributed by atoms with Crippen molar-refractivity contribution in [2.75, 3.05) is 26.2 Å². The fraction of sp³-hybridized carbons (Fsp3) is 0.632. The summed E-state index contributed by atoms with van der Waals surface area (Å²) in [6, 6.07) is 7.85. The molecule has 1 unspecified atom stereocenters. The summed E-state index contributed by atoms with van der Waals surface area (Å²) in [4.78, 5) is 13.7. The second-order valence-corrected chi connectivity index (χ2v) is 7.64. The first-order chi connectivity index (χ1) is 11.2. The summed E-state index contributed by atoms with van der Waals surface area (Å²) in [5, 5.41) is 3.83. The van der Waals surface area contributed by atoms with Crippen LogP contribution in [0.1, 0.15) is 37.7 Å². The molecule has 1 saturated carbocycles. The van der Waals surface area contributed by atoms with Crippen LogP contribution in [0.2, 0.25) is 5.02 Å². The van der Waals surface area contributed by atoms with Gasteiger partial charge in [-0.3, -0.25) is 4.79 Å². The topological polar surface area (TPSA) is 33.5 Å². The van der Waals surface area contributed by atoms with Crippen LogP contribution >= 0.6 is 11.6 Å². The van der Waals surface area contributed by atoms with E-state index >= 15 is 0 Å². The summed E-state index contributed by atoms with van der Waals surface area (Å²) in [6.45, 7) is 3.70. The molecule has 0 spiro atoms. The molecule has 4 heteroatoms. The number of benzene rings is 1. The zero-order chi connectivity index (χ0) is 16.1. The number of rotatable bonds is 5. The smallest absolute Gasteiger partial charge is 0.275 e. The highest BCUT2D eigenvalue weighted by molar-refractivity contribution is 6.30. The number of hydrogen-bond acceptors (Lipinski definition) is 1. The van der Waals surface area contributed by atoms with Crippen molar-refractivity contribution >= 4 is 17.5 Å². The maximum atomic E-state index is 12.2. The Morgan fingerprint density at radius 3 is 2.87 bits per heavy atom. The minimum atomic E-state index is 0.191. The second kappa shape index (κ2) is 8.16. The van der Waals surface area contributed by atoms with Gasteiger partial charge in [0.2, 0.25) is 0 Å². The van der Waals surface area contributed by atoms with Gasteiger partial charge in [-0.05, 0) is 49.3 Å². The van der Waals surface area contributed by atoms with Crippen molar-refractivity contribution in [1.29, 1.82) is 0 Å². The summed E-state index contributed by atoms with van der Waals surface area (Å²) >= 11 is 5.98. The first-order valence-electron chi connectivity index (χ1n) is 9.05. The van der Waals surface area contributed by atoms with Crippen LogP contribution in [0.15, 0.2) is 24.3 Å². The van der Waals surface area contributed by atoms with E-state index in [1.165, 1.54) is 55.7 Å². The van der Waals surface area contributed by atoms with Crippen molar-refractivity contribution in [2.24, 2.45) is 11.8 Å². The Balaban J connectivity index is 1.38. The number of amides is 1. The van der Waals surface area contributed by atoms with Gasteiger partial charge in [-0.25, -0.2) is 0 Å². The van der Waals surface area contributed by atoms with E-state index in [2.05, 4.69) is 11.4 Å². The van der Waals surface area contributed by atoms with Gasteiger partial charge >= 0.3 is 0 Å². The molecule has 1 aromatic carbocycles. The predicted octanol–water partition coefficient (Wildman–Crippen LogP) is 2.09. The summed E-state index contributed by atoms with van der Waals surface area (Å²) in [7, 11) is 0. The number of piperidine rings is 1. The molecule has 3 rings (SSSR count). The number of halogens is 1. The highest BCUT2D eigenvalue weighted by Crippen LogP contribution is 2.32. The van der Waals surface area contributed by atoms with Crippen LogP contribution in [0.25, 0.3) is 0 Å². The van der Waals surface area contributed by atoms with Crippen LogP contribution in [0.5, 0.6) is 0 Å². The molecule has 0 aromatic heterocycles. The average Bonchev–Trinajstić information content (AvgIpc) is 2.55.